The minimum Gasteiger partial charge on any atom is -0.493 e. The van der Waals surface area contributed by atoms with E-state index >= 15 is 0 Å². The third kappa shape index (κ3) is 5.64. The van der Waals surface area contributed by atoms with Gasteiger partial charge in [-0.25, -0.2) is 4.98 Å². The summed E-state index contributed by atoms with van der Waals surface area (Å²) in [6.07, 6.45) is 10.7. The number of amides is 1. The summed E-state index contributed by atoms with van der Waals surface area (Å²) in [5, 5.41) is 0. The molecule has 192 valence electrons. The molecule has 0 spiro atoms. The highest BCUT2D eigenvalue weighted by molar-refractivity contribution is 5.92. The van der Waals surface area contributed by atoms with Gasteiger partial charge in [-0.2, -0.15) is 0 Å². The molecule has 0 radical (unpaired) electrons. The fourth-order valence-electron chi connectivity index (χ4n) is 4.82. The van der Waals surface area contributed by atoms with Crippen LogP contribution in [0.2, 0.25) is 0 Å². The minimum absolute atomic E-state index is 0.0104. The fraction of sp³-hybridized carbons (Fsp3) is 0.464. The first-order valence-corrected chi connectivity index (χ1v) is 12.6. The van der Waals surface area contributed by atoms with Crippen molar-refractivity contribution in [3.8, 4) is 17.2 Å². The van der Waals surface area contributed by atoms with Crippen LogP contribution in [-0.4, -0.2) is 59.8 Å². The second-order valence-corrected chi connectivity index (χ2v) is 9.17. The molecule has 1 saturated heterocycles. The summed E-state index contributed by atoms with van der Waals surface area (Å²) in [5.41, 5.74) is 2.74. The lowest BCUT2D eigenvalue weighted by atomic mass is 9.95. The summed E-state index contributed by atoms with van der Waals surface area (Å²) in [6, 6.07) is 7.83. The van der Waals surface area contributed by atoms with E-state index < -0.39 is 0 Å². The molecule has 1 amide bonds. The van der Waals surface area contributed by atoms with E-state index in [2.05, 4.69) is 21.5 Å². The molecular weight excluding hydrogens is 456 g/mol. The highest BCUT2D eigenvalue weighted by atomic mass is 16.5. The Kier molecular flexibility index (Phi) is 8.46. The van der Waals surface area contributed by atoms with Gasteiger partial charge in [0.2, 0.25) is 5.75 Å². The molecule has 8 heteroatoms. The Hall–Kier alpha value is -3.55. The van der Waals surface area contributed by atoms with Crippen molar-refractivity contribution in [3.05, 3.63) is 65.5 Å². The summed E-state index contributed by atoms with van der Waals surface area (Å²) in [5.74, 6) is 3.18. The van der Waals surface area contributed by atoms with Crippen LogP contribution in [0.25, 0.3) is 0 Å². The largest absolute Gasteiger partial charge is 0.493 e. The van der Waals surface area contributed by atoms with Crippen LogP contribution < -0.4 is 14.2 Å². The Morgan fingerprint density at radius 3 is 2.31 bits per heavy atom. The van der Waals surface area contributed by atoms with E-state index in [1.54, 1.807) is 21.3 Å². The van der Waals surface area contributed by atoms with Gasteiger partial charge in [-0.1, -0.05) is 19.4 Å². The number of carbonyl (C=O) groups is 1. The minimum atomic E-state index is 0.0104. The smallest absolute Gasteiger partial charge is 0.272 e. The summed E-state index contributed by atoms with van der Waals surface area (Å²) >= 11 is 0. The van der Waals surface area contributed by atoms with Crippen molar-refractivity contribution in [2.45, 2.75) is 51.5 Å². The Morgan fingerprint density at radius 1 is 1.00 bits per heavy atom. The van der Waals surface area contributed by atoms with Crippen molar-refractivity contribution in [1.82, 2.24) is 19.4 Å². The molecule has 0 unspecified atom stereocenters. The zero-order valence-corrected chi connectivity index (χ0v) is 21.7. The number of ether oxygens (including phenoxy) is 3. The van der Waals surface area contributed by atoms with Crippen molar-refractivity contribution in [3.63, 3.8) is 0 Å². The van der Waals surface area contributed by atoms with Crippen molar-refractivity contribution in [1.29, 1.82) is 0 Å². The molecule has 2 aromatic heterocycles. The van der Waals surface area contributed by atoms with Crippen LogP contribution >= 0.6 is 0 Å². The maximum atomic E-state index is 13.0. The molecule has 1 aromatic carbocycles. The van der Waals surface area contributed by atoms with E-state index in [9.17, 15) is 4.79 Å². The Balaban J connectivity index is 1.40. The fourth-order valence-corrected chi connectivity index (χ4v) is 4.82. The van der Waals surface area contributed by atoms with Gasteiger partial charge >= 0.3 is 0 Å². The average Bonchev–Trinajstić information content (AvgIpc) is 3.39. The van der Waals surface area contributed by atoms with Gasteiger partial charge in [0.25, 0.3) is 5.91 Å². The number of carbonyl (C=O) groups excluding carboxylic acids is 1. The molecule has 3 aromatic rings. The van der Waals surface area contributed by atoms with Crippen LogP contribution in [0.15, 0.2) is 42.9 Å². The normalized spacial score (nSPS) is 14.1. The summed E-state index contributed by atoms with van der Waals surface area (Å²) in [4.78, 5) is 24.0. The van der Waals surface area contributed by atoms with E-state index in [0.717, 1.165) is 43.5 Å². The second kappa shape index (κ2) is 11.9. The predicted molar refractivity (Wildman–Crippen MR) is 138 cm³/mol. The van der Waals surface area contributed by atoms with E-state index in [-0.39, 0.29) is 11.8 Å². The first-order valence-electron chi connectivity index (χ1n) is 12.6. The SMILES string of the molecule is CCCCc1ccc(C(=O)N2CCC(c3nccn3Cc3cc(OC)c(OC)c(OC)c3)CC2)nc1. The summed E-state index contributed by atoms with van der Waals surface area (Å²) in [6.45, 7) is 4.20. The van der Waals surface area contributed by atoms with Crippen LogP contribution in [0, 0.1) is 0 Å². The van der Waals surface area contributed by atoms with E-state index in [0.29, 0.717) is 42.6 Å². The molecule has 0 bridgehead atoms. The number of methoxy groups -OCH3 is 3. The lowest BCUT2D eigenvalue weighted by Crippen LogP contribution is -2.38. The molecule has 0 N–H and O–H groups in total. The van der Waals surface area contributed by atoms with Crippen LogP contribution in [0.3, 0.4) is 0 Å². The van der Waals surface area contributed by atoms with Crippen molar-refractivity contribution in [2.75, 3.05) is 34.4 Å². The topological polar surface area (TPSA) is 78.7 Å². The van der Waals surface area contributed by atoms with E-state index in [1.807, 2.05) is 47.8 Å². The number of aryl methyl sites for hydroxylation is 1. The monoisotopic (exact) mass is 492 g/mol. The summed E-state index contributed by atoms with van der Waals surface area (Å²) < 4.78 is 18.6. The number of likely N-dealkylation sites (tertiary alicyclic amines) is 1. The van der Waals surface area contributed by atoms with Crippen molar-refractivity contribution < 1.29 is 19.0 Å². The number of rotatable bonds is 10. The maximum Gasteiger partial charge on any atom is 0.272 e. The number of benzene rings is 1. The molecule has 4 rings (SSSR count). The highest BCUT2D eigenvalue weighted by Gasteiger charge is 2.27. The Labute approximate surface area is 213 Å². The number of hydrogen-bond donors (Lipinski definition) is 0. The van der Waals surface area contributed by atoms with Gasteiger partial charge in [-0.05, 0) is 55.0 Å². The van der Waals surface area contributed by atoms with Gasteiger partial charge in [0.15, 0.2) is 11.5 Å². The number of nitrogens with zero attached hydrogens (tertiary/aromatic N) is 4. The molecular formula is C28H36N4O4. The quantitative estimate of drug-likeness (QED) is 0.408. The number of imidazole rings is 1. The lowest BCUT2D eigenvalue weighted by molar-refractivity contribution is 0.0704. The number of piperidine rings is 1. The number of aromatic nitrogens is 3. The lowest BCUT2D eigenvalue weighted by Gasteiger charge is -2.31. The third-order valence-electron chi connectivity index (χ3n) is 6.84. The molecule has 1 aliphatic rings. The molecule has 8 nitrogen and oxygen atoms in total. The van der Waals surface area contributed by atoms with Crippen LogP contribution in [0.5, 0.6) is 17.2 Å². The van der Waals surface area contributed by atoms with Gasteiger partial charge in [0.1, 0.15) is 11.5 Å². The third-order valence-corrected chi connectivity index (χ3v) is 6.84. The number of pyridine rings is 1. The standard InChI is InChI=1S/C28H36N4O4/c1-5-6-7-20-8-9-23(30-18-20)28(33)31-13-10-22(11-14-31)27-29-12-15-32(27)19-21-16-24(34-2)26(36-4)25(17-21)35-3/h8-9,12,15-18,22H,5-7,10-11,13-14,19H2,1-4H3. The van der Waals surface area contributed by atoms with E-state index in [1.165, 1.54) is 5.56 Å². The van der Waals surface area contributed by atoms with Crippen LogP contribution in [0.4, 0.5) is 0 Å². The molecule has 36 heavy (non-hydrogen) atoms. The van der Waals surface area contributed by atoms with E-state index in [4.69, 9.17) is 14.2 Å². The van der Waals surface area contributed by atoms with Gasteiger partial charge in [-0.3, -0.25) is 9.78 Å². The van der Waals surface area contributed by atoms with Gasteiger partial charge in [-0.15, -0.1) is 0 Å². The number of hydrogen-bond acceptors (Lipinski definition) is 6. The van der Waals surface area contributed by atoms with Gasteiger partial charge in [0.05, 0.1) is 21.3 Å². The zero-order chi connectivity index (χ0) is 25.5. The van der Waals surface area contributed by atoms with Crippen LogP contribution in [-0.2, 0) is 13.0 Å². The number of unbranched alkanes of at least 4 members (excludes halogenated alkanes) is 1. The predicted octanol–water partition coefficient (Wildman–Crippen LogP) is 4.71. The first-order chi connectivity index (χ1) is 17.6. The van der Waals surface area contributed by atoms with Crippen LogP contribution in [0.1, 0.15) is 66.0 Å². The first kappa shape index (κ1) is 25.5. The molecule has 0 atom stereocenters. The molecule has 3 heterocycles. The maximum absolute atomic E-state index is 13.0. The van der Waals surface area contributed by atoms with Crippen molar-refractivity contribution >= 4 is 5.91 Å². The summed E-state index contributed by atoms with van der Waals surface area (Å²) in [7, 11) is 4.84. The Morgan fingerprint density at radius 2 is 1.72 bits per heavy atom. The molecule has 1 aliphatic heterocycles. The molecule has 0 saturated carbocycles. The van der Waals surface area contributed by atoms with Crippen molar-refractivity contribution in [2.24, 2.45) is 0 Å². The average molecular weight is 493 g/mol. The zero-order valence-electron chi connectivity index (χ0n) is 21.7. The van der Waals surface area contributed by atoms with Gasteiger partial charge in [0, 0.05) is 44.1 Å². The second-order valence-electron chi connectivity index (χ2n) is 9.17. The molecule has 1 fully saturated rings. The van der Waals surface area contributed by atoms with Gasteiger partial charge < -0.3 is 23.7 Å². The Bertz CT molecular complexity index is 1130. The highest BCUT2D eigenvalue weighted by Crippen LogP contribution is 2.38. The molecule has 0 aliphatic carbocycles.